The van der Waals surface area contributed by atoms with Gasteiger partial charge in [0.25, 0.3) is 0 Å². The van der Waals surface area contributed by atoms with E-state index in [0.29, 0.717) is 22.9 Å². The van der Waals surface area contributed by atoms with Crippen LogP contribution in [-0.4, -0.2) is 49.6 Å². The van der Waals surface area contributed by atoms with Gasteiger partial charge < -0.3 is 15.5 Å². The van der Waals surface area contributed by atoms with Crippen molar-refractivity contribution in [2.24, 2.45) is 10.9 Å². The standard InChI is InChI=1S/C17H28F3N5S/c1-21-16(23-10-15-24-14(11-26-15)17(18,19)20)22-9-13(25(2)3)12-7-5-4-6-8-12/h11-13H,4-10H2,1-3H3,(H2,21,22,23). The van der Waals surface area contributed by atoms with Gasteiger partial charge in [0.15, 0.2) is 11.7 Å². The molecule has 1 heterocycles. The summed E-state index contributed by atoms with van der Waals surface area (Å²) in [5.41, 5.74) is -0.841. The average molecular weight is 392 g/mol. The molecule has 0 amide bonds. The molecule has 2 N–H and O–H groups in total. The van der Waals surface area contributed by atoms with Gasteiger partial charge in [-0.2, -0.15) is 13.2 Å². The minimum absolute atomic E-state index is 0.219. The summed E-state index contributed by atoms with van der Waals surface area (Å²) in [7, 11) is 5.83. The van der Waals surface area contributed by atoms with Gasteiger partial charge in [-0.05, 0) is 32.9 Å². The first-order valence-electron chi connectivity index (χ1n) is 8.93. The van der Waals surface area contributed by atoms with Crippen LogP contribution in [0.3, 0.4) is 0 Å². The van der Waals surface area contributed by atoms with Crippen LogP contribution in [0.4, 0.5) is 13.2 Å². The molecule has 9 heteroatoms. The molecule has 1 aromatic heterocycles. The maximum atomic E-state index is 12.6. The number of rotatable bonds is 6. The van der Waals surface area contributed by atoms with E-state index in [4.69, 9.17) is 0 Å². The Balaban J connectivity index is 1.85. The lowest BCUT2D eigenvalue weighted by atomic mass is 9.83. The van der Waals surface area contributed by atoms with E-state index in [1.165, 1.54) is 32.1 Å². The molecule has 5 nitrogen and oxygen atoms in total. The summed E-state index contributed by atoms with van der Waals surface area (Å²) in [5, 5.41) is 7.78. The summed E-state index contributed by atoms with van der Waals surface area (Å²) in [6.07, 6.45) is 1.99. The molecule has 1 aliphatic rings. The van der Waals surface area contributed by atoms with Crippen molar-refractivity contribution < 1.29 is 13.2 Å². The molecule has 0 aromatic carbocycles. The summed E-state index contributed by atoms with van der Waals surface area (Å²) in [4.78, 5) is 10.0. The van der Waals surface area contributed by atoms with Crippen LogP contribution >= 0.6 is 11.3 Å². The first-order valence-corrected chi connectivity index (χ1v) is 9.81. The number of nitrogens with one attached hydrogen (secondary N) is 2. The first-order chi connectivity index (χ1) is 12.3. The van der Waals surface area contributed by atoms with Gasteiger partial charge in [-0.25, -0.2) is 4.98 Å². The molecule has 2 rings (SSSR count). The van der Waals surface area contributed by atoms with E-state index in [0.717, 1.165) is 23.3 Å². The van der Waals surface area contributed by atoms with Crippen LogP contribution in [0.25, 0.3) is 0 Å². The third kappa shape index (κ3) is 6.12. The molecule has 0 spiro atoms. The van der Waals surface area contributed by atoms with Crippen LogP contribution in [0.5, 0.6) is 0 Å². The third-order valence-electron chi connectivity index (χ3n) is 4.81. The third-order valence-corrected chi connectivity index (χ3v) is 5.66. The number of aliphatic imine (C=N–C) groups is 1. The van der Waals surface area contributed by atoms with Crippen molar-refractivity contribution in [1.82, 2.24) is 20.5 Å². The van der Waals surface area contributed by atoms with Gasteiger partial charge in [-0.3, -0.25) is 4.99 Å². The Labute approximate surface area is 157 Å². The van der Waals surface area contributed by atoms with Crippen molar-refractivity contribution in [3.8, 4) is 0 Å². The predicted octanol–water partition coefficient (Wildman–Crippen LogP) is 3.34. The highest BCUT2D eigenvalue weighted by Gasteiger charge is 2.33. The molecule has 1 aliphatic carbocycles. The van der Waals surface area contributed by atoms with Gasteiger partial charge in [0.1, 0.15) is 5.01 Å². The van der Waals surface area contributed by atoms with Crippen LogP contribution in [0.1, 0.15) is 42.8 Å². The Hall–Kier alpha value is -1.35. The maximum Gasteiger partial charge on any atom is 0.434 e. The summed E-state index contributed by atoms with van der Waals surface area (Å²) in [5.74, 6) is 1.24. The van der Waals surface area contributed by atoms with E-state index in [2.05, 4.69) is 39.6 Å². The average Bonchev–Trinajstić information content (AvgIpc) is 3.08. The quantitative estimate of drug-likeness (QED) is 0.577. The molecule has 1 fully saturated rings. The van der Waals surface area contributed by atoms with Crippen molar-refractivity contribution in [2.75, 3.05) is 27.7 Å². The smallest absolute Gasteiger partial charge is 0.355 e. The summed E-state index contributed by atoms with van der Waals surface area (Å²) >= 11 is 0.996. The summed E-state index contributed by atoms with van der Waals surface area (Å²) < 4.78 is 37.8. The van der Waals surface area contributed by atoms with E-state index in [-0.39, 0.29) is 6.54 Å². The molecule has 0 aliphatic heterocycles. The topological polar surface area (TPSA) is 52.6 Å². The lowest BCUT2D eigenvalue weighted by Crippen LogP contribution is -2.48. The number of nitrogens with zero attached hydrogens (tertiary/aromatic N) is 3. The molecule has 148 valence electrons. The van der Waals surface area contributed by atoms with Crippen molar-refractivity contribution in [3.05, 3.63) is 16.1 Å². The lowest BCUT2D eigenvalue weighted by molar-refractivity contribution is -0.140. The zero-order chi connectivity index (χ0) is 19.2. The highest BCUT2D eigenvalue weighted by Crippen LogP contribution is 2.30. The largest absolute Gasteiger partial charge is 0.434 e. The maximum absolute atomic E-state index is 12.6. The highest BCUT2D eigenvalue weighted by atomic mass is 32.1. The number of thiazole rings is 1. The molecule has 1 saturated carbocycles. The van der Waals surface area contributed by atoms with Gasteiger partial charge in [-0.15, -0.1) is 11.3 Å². The van der Waals surface area contributed by atoms with Gasteiger partial charge >= 0.3 is 6.18 Å². The van der Waals surface area contributed by atoms with Gasteiger partial charge in [0.05, 0.1) is 6.54 Å². The van der Waals surface area contributed by atoms with Gasteiger partial charge in [0, 0.05) is 25.0 Å². The number of likely N-dealkylation sites (N-methyl/N-ethyl adjacent to an activating group) is 1. The Kier molecular flexibility index (Phi) is 7.69. The molecule has 1 atom stereocenters. The molecule has 1 aromatic rings. The second-order valence-electron chi connectivity index (χ2n) is 6.86. The summed E-state index contributed by atoms with van der Waals surface area (Å²) in [6, 6.07) is 0.408. The van der Waals surface area contributed by atoms with Gasteiger partial charge in [0.2, 0.25) is 0 Å². The fourth-order valence-electron chi connectivity index (χ4n) is 3.39. The molecule has 1 unspecified atom stereocenters. The molecular formula is C17H28F3N5S. The lowest BCUT2D eigenvalue weighted by Gasteiger charge is -2.35. The van der Waals surface area contributed by atoms with E-state index in [1.54, 1.807) is 7.05 Å². The Morgan fingerprint density at radius 2 is 2.00 bits per heavy atom. The summed E-state index contributed by atoms with van der Waals surface area (Å²) in [6.45, 7) is 0.972. The van der Waals surface area contributed by atoms with Crippen molar-refractivity contribution >= 4 is 17.3 Å². The zero-order valence-corrected chi connectivity index (χ0v) is 16.4. The normalized spacial score (nSPS) is 18.2. The highest BCUT2D eigenvalue weighted by molar-refractivity contribution is 7.09. The number of halogens is 3. The van der Waals surface area contributed by atoms with Gasteiger partial charge in [-0.1, -0.05) is 19.3 Å². The predicted molar refractivity (Wildman–Crippen MR) is 99.4 cm³/mol. The minimum Gasteiger partial charge on any atom is -0.355 e. The fraction of sp³-hybridized carbons (Fsp3) is 0.765. The van der Waals surface area contributed by atoms with E-state index in [9.17, 15) is 13.2 Å². The molecule has 26 heavy (non-hydrogen) atoms. The minimum atomic E-state index is -4.40. The van der Waals surface area contributed by atoms with Crippen molar-refractivity contribution in [1.29, 1.82) is 0 Å². The molecule has 0 saturated heterocycles. The van der Waals surface area contributed by atoms with Crippen LogP contribution in [-0.2, 0) is 12.7 Å². The number of alkyl halides is 3. The number of hydrogen-bond donors (Lipinski definition) is 2. The van der Waals surface area contributed by atoms with Crippen LogP contribution < -0.4 is 10.6 Å². The van der Waals surface area contributed by atoms with Crippen LogP contribution in [0.15, 0.2) is 10.4 Å². The molecule has 0 radical (unpaired) electrons. The second-order valence-corrected chi connectivity index (χ2v) is 7.80. The SMILES string of the molecule is CN=C(NCc1nc(C(F)(F)F)cs1)NCC(C1CCCCC1)N(C)C. The van der Waals surface area contributed by atoms with Crippen molar-refractivity contribution in [3.63, 3.8) is 0 Å². The van der Waals surface area contributed by atoms with Crippen LogP contribution in [0.2, 0.25) is 0 Å². The fourth-order valence-corrected chi connectivity index (χ4v) is 4.13. The number of aromatic nitrogens is 1. The van der Waals surface area contributed by atoms with E-state index in [1.807, 2.05) is 0 Å². The van der Waals surface area contributed by atoms with Crippen molar-refractivity contribution in [2.45, 2.75) is 50.9 Å². The molecule has 0 bridgehead atoms. The monoisotopic (exact) mass is 391 g/mol. The van der Waals surface area contributed by atoms with Crippen LogP contribution in [0, 0.1) is 5.92 Å². The second kappa shape index (κ2) is 9.55. The molecular weight excluding hydrogens is 363 g/mol. The number of guanidine groups is 1. The number of hydrogen-bond acceptors (Lipinski definition) is 4. The first kappa shape index (κ1) is 21.0. The Morgan fingerprint density at radius 3 is 2.54 bits per heavy atom. The zero-order valence-electron chi connectivity index (χ0n) is 15.6. The van der Waals surface area contributed by atoms with E-state index >= 15 is 0 Å². The Morgan fingerprint density at radius 1 is 1.31 bits per heavy atom. The Bertz CT molecular complexity index is 579. The van der Waals surface area contributed by atoms with E-state index < -0.39 is 11.9 Å².